The van der Waals surface area contributed by atoms with Crippen molar-refractivity contribution in [3.8, 4) is 0 Å². The zero-order valence-corrected chi connectivity index (χ0v) is 12.3. The van der Waals surface area contributed by atoms with Crippen LogP contribution in [0, 0.1) is 12.3 Å². The van der Waals surface area contributed by atoms with Crippen LogP contribution in [-0.2, 0) is 0 Å². The van der Waals surface area contributed by atoms with Crippen molar-refractivity contribution in [3.63, 3.8) is 0 Å². The Hall–Kier alpha value is -1.71. The number of hydrogen-bond acceptors (Lipinski definition) is 3. The van der Waals surface area contributed by atoms with Crippen molar-refractivity contribution in [1.82, 2.24) is 0 Å². The molecule has 3 N–H and O–H groups in total. The summed E-state index contributed by atoms with van der Waals surface area (Å²) in [6.07, 6.45) is 1.88. The molecule has 1 aromatic rings. The second-order valence-electron chi connectivity index (χ2n) is 5.73. The molecule has 0 fully saturated rings. The predicted molar refractivity (Wildman–Crippen MR) is 80.9 cm³/mol. The van der Waals surface area contributed by atoms with Crippen molar-refractivity contribution in [2.75, 3.05) is 18.5 Å². The molecule has 1 rings (SSSR count). The number of amidine groups is 1. The van der Waals surface area contributed by atoms with Gasteiger partial charge in [0.05, 0.1) is 0 Å². The summed E-state index contributed by atoms with van der Waals surface area (Å²) in [7, 11) is 2.08. The minimum atomic E-state index is -0.261. The van der Waals surface area contributed by atoms with E-state index in [1.165, 1.54) is 11.3 Å². The van der Waals surface area contributed by atoms with Crippen LogP contribution in [-0.4, -0.2) is 24.6 Å². The summed E-state index contributed by atoms with van der Waals surface area (Å²) in [6, 6.07) is 8.49. The van der Waals surface area contributed by atoms with Crippen LogP contribution in [0.5, 0.6) is 0 Å². The number of hydrogen-bond donors (Lipinski definition) is 2. The first-order valence-corrected chi connectivity index (χ1v) is 6.62. The van der Waals surface area contributed by atoms with E-state index in [1.807, 2.05) is 13.8 Å². The molecule has 0 radical (unpaired) electrons. The zero-order valence-electron chi connectivity index (χ0n) is 12.3. The molecule has 4 nitrogen and oxygen atoms in total. The maximum Gasteiger partial charge on any atom is 0.144 e. The van der Waals surface area contributed by atoms with E-state index in [4.69, 9.17) is 10.9 Å². The summed E-state index contributed by atoms with van der Waals surface area (Å²) in [5.74, 6) is 0.297. The summed E-state index contributed by atoms with van der Waals surface area (Å²) in [5, 5.41) is 11.8. The standard InChI is InChI=1S/C15H25N3O/c1-12-6-8-13(9-7-12)18(4)11-5-10-15(2,3)14(16)17-19/h6-9,19H,5,10-11H2,1-4H3,(H2,16,17). The van der Waals surface area contributed by atoms with Crippen molar-refractivity contribution < 1.29 is 5.21 Å². The number of nitrogens with two attached hydrogens (primary N) is 1. The van der Waals surface area contributed by atoms with E-state index in [2.05, 4.69) is 48.3 Å². The van der Waals surface area contributed by atoms with Gasteiger partial charge in [0, 0.05) is 24.7 Å². The van der Waals surface area contributed by atoms with E-state index in [1.54, 1.807) is 0 Å². The zero-order chi connectivity index (χ0) is 14.5. The maximum atomic E-state index is 8.74. The number of oxime groups is 1. The monoisotopic (exact) mass is 263 g/mol. The van der Waals surface area contributed by atoms with E-state index >= 15 is 0 Å². The molecule has 0 saturated heterocycles. The lowest BCUT2D eigenvalue weighted by Gasteiger charge is -2.25. The fourth-order valence-corrected chi connectivity index (χ4v) is 1.95. The van der Waals surface area contributed by atoms with E-state index in [0.29, 0.717) is 5.84 Å². The normalized spacial score (nSPS) is 12.5. The Kier molecular flexibility index (Phi) is 5.21. The fraction of sp³-hybridized carbons (Fsp3) is 0.533. The number of anilines is 1. The number of benzene rings is 1. The largest absolute Gasteiger partial charge is 0.409 e. The number of rotatable bonds is 6. The summed E-state index contributed by atoms with van der Waals surface area (Å²) in [5.41, 5.74) is 7.90. The highest BCUT2D eigenvalue weighted by Crippen LogP contribution is 2.23. The van der Waals surface area contributed by atoms with Crippen LogP contribution in [0.4, 0.5) is 5.69 Å². The first-order chi connectivity index (χ1) is 8.86. The molecule has 0 aliphatic heterocycles. The van der Waals surface area contributed by atoms with E-state index < -0.39 is 0 Å². The van der Waals surface area contributed by atoms with Gasteiger partial charge in [-0.3, -0.25) is 0 Å². The minimum Gasteiger partial charge on any atom is -0.409 e. The average Bonchev–Trinajstić information content (AvgIpc) is 2.38. The Labute approximate surface area is 115 Å². The van der Waals surface area contributed by atoms with Gasteiger partial charge in [-0.05, 0) is 31.9 Å². The highest BCUT2D eigenvalue weighted by Gasteiger charge is 2.23. The van der Waals surface area contributed by atoms with Gasteiger partial charge in [-0.25, -0.2) is 0 Å². The number of aryl methyl sites for hydroxylation is 1. The highest BCUT2D eigenvalue weighted by molar-refractivity contribution is 5.85. The Morgan fingerprint density at radius 1 is 1.32 bits per heavy atom. The van der Waals surface area contributed by atoms with E-state index in [0.717, 1.165) is 19.4 Å². The third-order valence-corrected chi connectivity index (χ3v) is 3.57. The lowest BCUT2D eigenvalue weighted by Crippen LogP contribution is -2.32. The van der Waals surface area contributed by atoms with Crippen LogP contribution in [0.25, 0.3) is 0 Å². The van der Waals surface area contributed by atoms with Gasteiger partial charge in [0.15, 0.2) is 0 Å². The Morgan fingerprint density at radius 2 is 1.89 bits per heavy atom. The Balaban J connectivity index is 2.47. The van der Waals surface area contributed by atoms with Crippen molar-refractivity contribution in [1.29, 1.82) is 0 Å². The lowest BCUT2D eigenvalue weighted by atomic mass is 9.86. The SMILES string of the molecule is Cc1ccc(N(C)CCCC(C)(C)C(N)=NO)cc1. The molecular formula is C15H25N3O. The average molecular weight is 263 g/mol. The molecule has 0 unspecified atom stereocenters. The topological polar surface area (TPSA) is 61.8 Å². The third kappa shape index (κ3) is 4.47. The molecule has 0 aliphatic rings. The Morgan fingerprint density at radius 3 is 2.42 bits per heavy atom. The van der Waals surface area contributed by atoms with Crippen LogP contribution in [0.3, 0.4) is 0 Å². The van der Waals surface area contributed by atoms with Gasteiger partial charge < -0.3 is 15.8 Å². The van der Waals surface area contributed by atoms with Gasteiger partial charge in [-0.1, -0.05) is 36.7 Å². The molecule has 0 bridgehead atoms. The lowest BCUT2D eigenvalue weighted by molar-refractivity contribution is 0.305. The molecule has 0 amide bonds. The smallest absolute Gasteiger partial charge is 0.144 e. The van der Waals surface area contributed by atoms with Crippen LogP contribution >= 0.6 is 0 Å². The quantitative estimate of drug-likeness (QED) is 0.359. The van der Waals surface area contributed by atoms with Crippen molar-refractivity contribution in [2.24, 2.45) is 16.3 Å². The number of nitrogens with zero attached hydrogens (tertiary/aromatic N) is 2. The van der Waals surface area contributed by atoms with Crippen molar-refractivity contribution in [3.05, 3.63) is 29.8 Å². The van der Waals surface area contributed by atoms with Crippen molar-refractivity contribution in [2.45, 2.75) is 33.6 Å². The predicted octanol–water partition coefficient (Wildman–Crippen LogP) is 2.98. The van der Waals surface area contributed by atoms with E-state index in [9.17, 15) is 0 Å². The van der Waals surface area contributed by atoms with Gasteiger partial charge in [0.25, 0.3) is 0 Å². The highest BCUT2D eigenvalue weighted by atomic mass is 16.4. The van der Waals surface area contributed by atoms with Gasteiger partial charge in [0.2, 0.25) is 0 Å². The van der Waals surface area contributed by atoms with Gasteiger partial charge in [-0.2, -0.15) is 0 Å². The van der Waals surface area contributed by atoms with Crippen LogP contribution in [0.15, 0.2) is 29.4 Å². The Bertz CT molecular complexity index is 424. The first kappa shape index (κ1) is 15.3. The molecule has 1 aromatic carbocycles. The molecule has 0 aliphatic carbocycles. The second kappa shape index (κ2) is 6.45. The molecule has 0 aromatic heterocycles. The van der Waals surface area contributed by atoms with Crippen LogP contribution in [0.1, 0.15) is 32.3 Å². The summed E-state index contributed by atoms with van der Waals surface area (Å²) in [4.78, 5) is 2.22. The second-order valence-corrected chi connectivity index (χ2v) is 5.73. The van der Waals surface area contributed by atoms with Crippen LogP contribution < -0.4 is 10.6 Å². The molecule has 106 valence electrons. The summed E-state index contributed by atoms with van der Waals surface area (Å²) >= 11 is 0. The molecule has 4 heteroatoms. The van der Waals surface area contributed by atoms with E-state index in [-0.39, 0.29) is 5.41 Å². The molecule has 19 heavy (non-hydrogen) atoms. The third-order valence-electron chi connectivity index (χ3n) is 3.57. The molecular weight excluding hydrogens is 238 g/mol. The minimum absolute atomic E-state index is 0.261. The van der Waals surface area contributed by atoms with Crippen LogP contribution in [0.2, 0.25) is 0 Å². The summed E-state index contributed by atoms with van der Waals surface area (Å²) in [6.45, 7) is 7.02. The van der Waals surface area contributed by atoms with Crippen molar-refractivity contribution >= 4 is 11.5 Å². The van der Waals surface area contributed by atoms with Gasteiger partial charge in [0.1, 0.15) is 5.84 Å². The van der Waals surface area contributed by atoms with Gasteiger partial charge >= 0.3 is 0 Å². The van der Waals surface area contributed by atoms with Gasteiger partial charge in [-0.15, -0.1) is 0 Å². The first-order valence-electron chi connectivity index (χ1n) is 6.62. The summed E-state index contributed by atoms with van der Waals surface area (Å²) < 4.78 is 0. The molecule has 0 heterocycles. The molecule has 0 saturated carbocycles. The molecule has 0 spiro atoms. The fourth-order valence-electron chi connectivity index (χ4n) is 1.95. The molecule has 0 atom stereocenters. The maximum absolute atomic E-state index is 8.74.